The fraction of sp³-hybridized carbons (Fsp3) is 0.667. The molecule has 7 heteroatoms. The number of carboxylic acids is 1. The number of carbonyl (C=O) groups is 3. The Kier molecular flexibility index (Phi) is 6.09. The first-order valence-corrected chi connectivity index (χ1v) is 4.75. The molecule has 92 valence electrons. The molecule has 0 saturated heterocycles. The van der Waals surface area contributed by atoms with E-state index in [0.717, 1.165) is 0 Å². The minimum atomic E-state index is -1.14. The standard InChI is InChI=1S/C9H17N3O4/c1-6(13)11-7(9(15)16)4-10-5-8(14)12(2)3/h7,10H,4-5H2,1-3H3,(H,11,13)(H,15,16). The average Bonchev–Trinajstić information content (AvgIpc) is 2.14. The Morgan fingerprint density at radius 2 is 1.88 bits per heavy atom. The fourth-order valence-corrected chi connectivity index (χ4v) is 0.927. The van der Waals surface area contributed by atoms with E-state index in [1.807, 2.05) is 0 Å². The maximum atomic E-state index is 11.1. The lowest BCUT2D eigenvalue weighted by Crippen LogP contribution is -2.48. The van der Waals surface area contributed by atoms with E-state index in [1.165, 1.54) is 11.8 Å². The Bertz CT molecular complexity index is 278. The predicted octanol–water partition coefficient (Wildman–Crippen LogP) is -1.75. The van der Waals surface area contributed by atoms with Crippen molar-refractivity contribution in [2.24, 2.45) is 0 Å². The van der Waals surface area contributed by atoms with Crippen molar-refractivity contribution in [2.45, 2.75) is 13.0 Å². The summed E-state index contributed by atoms with van der Waals surface area (Å²) in [4.78, 5) is 33.9. The summed E-state index contributed by atoms with van der Waals surface area (Å²) in [5.74, 6) is -1.72. The van der Waals surface area contributed by atoms with Crippen LogP contribution in [-0.2, 0) is 14.4 Å². The summed E-state index contributed by atoms with van der Waals surface area (Å²) in [6, 6.07) is -1.02. The van der Waals surface area contributed by atoms with Crippen molar-refractivity contribution in [3.05, 3.63) is 0 Å². The Morgan fingerprint density at radius 1 is 1.31 bits per heavy atom. The van der Waals surface area contributed by atoms with E-state index < -0.39 is 17.9 Å². The quantitative estimate of drug-likeness (QED) is 0.503. The van der Waals surface area contributed by atoms with Gasteiger partial charge in [-0.25, -0.2) is 4.79 Å². The molecule has 0 rings (SSSR count). The van der Waals surface area contributed by atoms with E-state index in [9.17, 15) is 14.4 Å². The van der Waals surface area contributed by atoms with Gasteiger partial charge in [0.05, 0.1) is 6.54 Å². The van der Waals surface area contributed by atoms with Crippen LogP contribution in [0.4, 0.5) is 0 Å². The summed E-state index contributed by atoms with van der Waals surface area (Å²) in [5, 5.41) is 13.7. The van der Waals surface area contributed by atoms with Gasteiger partial charge in [0.2, 0.25) is 11.8 Å². The molecule has 16 heavy (non-hydrogen) atoms. The molecule has 0 radical (unpaired) electrons. The highest BCUT2D eigenvalue weighted by molar-refractivity contribution is 5.82. The van der Waals surface area contributed by atoms with Crippen molar-refractivity contribution in [2.75, 3.05) is 27.2 Å². The summed E-state index contributed by atoms with van der Waals surface area (Å²) in [7, 11) is 3.21. The third-order valence-corrected chi connectivity index (χ3v) is 1.80. The molecule has 0 saturated carbocycles. The highest BCUT2D eigenvalue weighted by Crippen LogP contribution is 1.83. The van der Waals surface area contributed by atoms with E-state index in [2.05, 4.69) is 10.6 Å². The maximum Gasteiger partial charge on any atom is 0.327 e. The van der Waals surface area contributed by atoms with Gasteiger partial charge in [0.25, 0.3) is 0 Å². The molecule has 0 aromatic heterocycles. The summed E-state index contributed by atoms with van der Waals surface area (Å²) in [6.45, 7) is 1.28. The first-order valence-electron chi connectivity index (χ1n) is 4.75. The fourth-order valence-electron chi connectivity index (χ4n) is 0.927. The molecule has 0 aromatic carbocycles. The second kappa shape index (κ2) is 6.78. The first-order chi connectivity index (χ1) is 7.34. The van der Waals surface area contributed by atoms with Crippen molar-refractivity contribution >= 4 is 17.8 Å². The molecule has 0 aliphatic carbocycles. The van der Waals surface area contributed by atoms with Crippen LogP contribution in [0.15, 0.2) is 0 Å². The van der Waals surface area contributed by atoms with E-state index >= 15 is 0 Å². The average molecular weight is 231 g/mol. The number of hydrogen-bond acceptors (Lipinski definition) is 4. The van der Waals surface area contributed by atoms with Crippen molar-refractivity contribution < 1.29 is 19.5 Å². The van der Waals surface area contributed by atoms with Crippen molar-refractivity contribution in [3.63, 3.8) is 0 Å². The van der Waals surface area contributed by atoms with Crippen LogP contribution in [0.5, 0.6) is 0 Å². The van der Waals surface area contributed by atoms with Crippen LogP contribution in [0.3, 0.4) is 0 Å². The lowest BCUT2D eigenvalue weighted by Gasteiger charge is -2.15. The van der Waals surface area contributed by atoms with E-state index in [0.29, 0.717) is 0 Å². The van der Waals surface area contributed by atoms with Crippen molar-refractivity contribution in [1.29, 1.82) is 0 Å². The van der Waals surface area contributed by atoms with Crippen molar-refractivity contribution in [3.8, 4) is 0 Å². The van der Waals surface area contributed by atoms with Gasteiger partial charge in [0.1, 0.15) is 6.04 Å². The number of carbonyl (C=O) groups excluding carboxylic acids is 2. The van der Waals surface area contributed by atoms with Gasteiger partial charge in [-0.2, -0.15) is 0 Å². The van der Waals surface area contributed by atoms with E-state index in [1.54, 1.807) is 14.1 Å². The van der Waals surface area contributed by atoms with Crippen LogP contribution < -0.4 is 10.6 Å². The summed E-state index contributed by atoms with van der Waals surface area (Å²) in [6.07, 6.45) is 0. The normalized spacial score (nSPS) is 11.7. The van der Waals surface area contributed by atoms with Crippen LogP contribution >= 0.6 is 0 Å². The molecule has 1 atom stereocenters. The van der Waals surface area contributed by atoms with Crippen LogP contribution in [0.2, 0.25) is 0 Å². The Balaban J connectivity index is 3.99. The summed E-state index contributed by atoms with van der Waals surface area (Å²) in [5.41, 5.74) is 0. The molecule has 2 amide bonds. The number of nitrogens with zero attached hydrogens (tertiary/aromatic N) is 1. The predicted molar refractivity (Wildman–Crippen MR) is 56.8 cm³/mol. The zero-order valence-corrected chi connectivity index (χ0v) is 9.61. The Labute approximate surface area is 93.8 Å². The van der Waals surface area contributed by atoms with Gasteiger partial charge in [-0.1, -0.05) is 0 Å². The number of rotatable bonds is 6. The maximum absolute atomic E-state index is 11.1. The first kappa shape index (κ1) is 14.4. The second-order valence-electron chi connectivity index (χ2n) is 3.51. The highest BCUT2D eigenvalue weighted by atomic mass is 16.4. The van der Waals surface area contributed by atoms with Gasteiger partial charge >= 0.3 is 5.97 Å². The molecule has 0 heterocycles. The van der Waals surface area contributed by atoms with Gasteiger partial charge in [0.15, 0.2) is 0 Å². The molecule has 0 aliphatic rings. The van der Waals surface area contributed by atoms with Gasteiger partial charge in [0, 0.05) is 27.6 Å². The lowest BCUT2D eigenvalue weighted by atomic mass is 10.3. The zero-order valence-electron chi connectivity index (χ0n) is 9.61. The van der Waals surface area contributed by atoms with E-state index in [4.69, 9.17) is 5.11 Å². The van der Waals surface area contributed by atoms with Gasteiger partial charge in [-0.3, -0.25) is 9.59 Å². The number of carboxylic acid groups (broad SMARTS) is 1. The Hall–Kier alpha value is -1.63. The van der Waals surface area contributed by atoms with Crippen LogP contribution in [-0.4, -0.2) is 61.0 Å². The van der Waals surface area contributed by atoms with Gasteiger partial charge in [-0.05, 0) is 0 Å². The molecule has 0 bridgehead atoms. The minimum absolute atomic E-state index is 0.00843. The second-order valence-corrected chi connectivity index (χ2v) is 3.51. The summed E-state index contributed by atoms with van der Waals surface area (Å²) < 4.78 is 0. The molecule has 7 nitrogen and oxygen atoms in total. The molecule has 0 fully saturated rings. The third-order valence-electron chi connectivity index (χ3n) is 1.80. The topological polar surface area (TPSA) is 98.7 Å². The Morgan fingerprint density at radius 3 is 2.25 bits per heavy atom. The smallest absolute Gasteiger partial charge is 0.327 e. The van der Waals surface area contributed by atoms with Crippen LogP contribution in [0.1, 0.15) is 6.92 Å². The monoisotopic (exact) mass is 231 g/mol. The largest absolute Gasteiger partial charge is 0.480 e. The molecule has 0 aromatic rings. The van der Waals surface area contributed by atoms with Gasteiger partial charge < -0.3 is 20.6 Å². The molecular weight excluding hydrogens is 214 g/mol. The zero-order chi connectivity index (χ0) is 12.7. The molecule has 3 N–H and O–H groups in total. The molecule has 0 aliphatic heterocycles. The minimum Gasteiger partial charge on any atom is -0.480 e. The SMILES string of the molecule is CC(=O)NC(CNCC(=O)N(C)C)C(=O)O. The number of likely N-dealkylation sites (N-methyl/N-ethyl adjacent to an activating group) is 1. The number of amides is 2. The number of nitrogens with one attached hydrogen (secondary N) is 2. The third kappa shape index (κ3) is 5.97. The van der Waals surface area contributed by atoms with Crippen LogP contribution in [0.25, 0.3) is 0 Å². The highest BCUT2D eigenvalue weighted by Gasteiger charge is 2.18. The lowest BCUT2D eigenvalue weighted by molar-refractivity contribution is -0.141. The molecular formula is C9H17N3O4. The number of hydrogen-bond donors (Lipinski definition) is 3. The molecule has 1 unspecified atom stereocenters. The molecule has 0 spiro atoms. The summed E-state index contributed by atoms with van der Waals surface area (Å²) >= 11 is 0. The van der Waals surface area contributed by atoms with E-state index in [-0.39, 0.29) is 19.0 Å². The number of aliphatic carboxylic acids is 1. The van der Waals surface area contributed by atoms with Crippen molar-refractivity contribution in [1.82, 2.24) is 15.5 Å². The van der Waals surface area contributed by atoms with Crippen LogP contribution in [0, 0.1) is 0 Å². The van der Waals surface area contributed by atoms with Gasteiger partial charge in [-0.15, -0.1) is 0 Å².